The second kappa shape index (κ2) is 7.93. The van der Waals surface area contributed by atoms with Gasteiger partial charge in [0.1, 0.15) is 12.4 Å². The van der Waals surface area contributed by atoms with Crippen LogP contribution in [0, 0.1) is 12.3 Å². The Morgan fingerprint density at radius 1 is 1.36 bits per heavy atom. The van der Waals surface area contributed by atoms with E-state index < -0.39 is 17.5 Å². The van der Waals surface area contributed by atoms with Gasteiger partial charge < -0.3 is 20.5 Å². The van der Waals surface area contributed by atoms with Crippen molar-refractivity contribution in [3.05, 3.63) is 24.3 Å². The zero-order valence-electron chi connectivity index (χ0n) is 12.7. The van der Waals surface area contributed by atoms with E-state index >= 15 is 0 Å². The third-order valence-electron chi connectivity index (χ3n) is 2.86. The number of anilines is 1. The number of carboxylic acid groups (broad SMARTS) is 1. The van der Waals surface area contributed by atoms with Gasteiger partial charge in [-0.1, -0.05) is 18.1 Å². The van der Waals surface area contributed by atoms with Crippen LogP contribution in [0.15, 0.2) is 24.3 Å². The molecule has 0 bridgehead atoms. The molecule has 0 atom stereocenters. The maximum atomic E-state index is 12.0. The summed E-state index contributed by atoms with van der Waals surface area (Å²) in [7, 11) is 0. The topological polar surface area (TPSA) is 87.7 Å². The molecule has 0 unspecified atom stereocenters. The van der Waals surface area contributed by atoms with Crippen molar-refractivity contribution in [2.45, 2.75) is 32.2 Å². The number of amides is 2. The number of carboxylic acids is 1. The third kappa shape index (κ3) is 6.18. The first-order valence-electron chi connectivity index (χ1n) is 6.80. The number of hydrogen-bond acceptors (Lipinski definition) is 3. The molecular weight excluding hydrogens is 284 g/mol. The Morgan fingerprint density at radius 2 is 2.05 bits per heavy atom. The minimum Gasteiger partial charge on any atom is -0.481 e. The van der Waals surface area contributed by atoms with Gasteiger partial charge in [-0.3, -0.25) is 4.79 Å². The van der Waals surface area contributed by atoms with Crippen molar-refractivity contribution in [2.24, 2.45) is 0 Å². The van der Waals surface area contributed by atoms with Crippen LogP contribution in [0.4, 0.5) is 10.5 Å². The van der Waals surface area contributed by atoms with Crippen LogP contribution in [0.3, 0.4) is 0 Å². The van der Waals surface area contributed by atoms with Crippen molar-refractivity contribution in [3.63, 3.8) is 0 Å². The highest BCUT2D eigenvalue weighted by Crippen LogP contribution is 2.23. The average molecular weight is 304 g/mol. The summed E-state index contributed by atoms with van der Waals surface area (Å²) >= 11 is 0. The normalized spacial score (nSPS) is 10.4. The molecule has 0 aliphatic carbocycles. The van der Waals surface area contributed by atoms with Gasteiger partial charge in [0.2, 0.25) is 0 Å². The first kappa shape index (κ1) is 17.4. The van der Waals surface area contributed by atoms with Gasteiger partial charge in [0.25, 0.3) is 0 Å². The number of benzene rings is 1. The number of aliphatic carboxylic acids is 1. The van der Waals surface area contributed by atoms with Crippen LogP contribution in [-0.4, -0.2) is 29.3 Å². The van der Waals surface area contributed by atoms with E-state index in [4.69, 9.17) is 16.3 Å². The fraction of sp³-hybridized carbons (Fsp3) is 0.375. The second-order valence-electron chi connectivity index (χ2n) is 5.35. The molecule has 0 fully saturated rings. The lowest BCUT2D eigenvalue weighted by atomic mass is 9.99. The molecule has 0 heterocycles. The predicted molar refractivity (Wildman–Crippen MR) is 83.9 cm³/mol. The Morgan fingerprint density at radius 3 is 2.68 bits per heavy atom. The maximum Gasteiger partial charge on any atom is 0.319 e. The van der Waals surface area contributed by atoms with Crippen LogP contribution in [0.1, 0.15) is 26.7 Å². The fourth-order valence-electron chi connectivity index (χ4n) is 1.76. The Labute approximate surface area is 129 Å². The average Bonchev–Trinajstić information content (AvgIpc) is 2.44. The summed E-state index contributed by atoms with van der Waals surface area (Å²) in [6.07, 6.45) is 5.45. The lowest BCUT2D eigenvalue weighted by Crippen LogP contribution is -2.45. The van der Waals surface area contributed by atoms with Crippen molar-refractivity contribution in [2.75, 3.05) is 11.9 Å². The van der Waals surface area contributed by atoms with E-state index in [-0.39, 0.29) is 13.0 Å². The maximum absolute atomic E-state index is 12.0. The van der Waals surface area contributed by atoms with Crippen LogP contribution in [0.2, 0.25) is 0 Å². The minimum absolute atomic E-state index is 0.0187. The van der Waals surface area contributed by atoms with Gasteiger partial charge in [0, 0.05) is 12.0 Å². The molecule has 0 spiro atoms. The largest absolute Gasteiger partial charge is 0.481 e. The van der Waals surface area contributed by atoms with Gasteiger partial charge in [-0.15, -0.1) is 6.42 Å². The standard InChI is InChI=1S/C16H20N2O4/c1-4-11-22-13-8-6-5-7-12(13)17-15(21)18-16(2,3)10-9-14(19)20/h1,5-8H,9-11H2,2-3H3,(H,19,20)(H2,17,18,21). The Balaban J connectivity index is 2.65. The SMILES string of the molecule is C#CCOc1ccccc1NC(=O)NC(C)(C)CCC(=O)O. The minimum atomic E-state index is -0.900. The van der Waals surface area contributed by atoms with Gasteiger partial charge >= 0.3 is 12.0 Å². The molecular formula is C16H20N2O4. The monoisotopic (exact) mass is 304 g/mol. The van der Waals surface area contributed by atoms with E-state index in [0.717, 1.165) is 0 Å². The molecule has 2 amide bonds. The second-order valence-corrected chi connectivity index (χ2v) is 5.35. The highest BCUT2D eigenvalue weighted by atomic mass is 16.5. The van der Waals surface area contributed by atoms with Gasteiger partial charge in [0.15, 0.2) is 0 Å². The van der Waals surface area contributed by atoms with E-state index in [1.165, 1.54) is 0 Å². The Hall–Kier alpha value is -2.68. The van der Waals surface area contributed by atoms with Crippen molar-refractivity contribution in [1.29, 1.82) is 0 Å². The number of hydrogen-bond donors (Lipinski definition) is 3. The first-order chi connectivity index (χ1) is 10.3. The molecule has 1 aromatic carbocycles. The Kier molecular flexibility index (Phi) is 6.26. The number of para-hydroxylation sites is 2. The number of rotatable bonds is 7. The van der Waals surface area contributed by atoms with E-state index in [0.29, 0.717) is 17.9 Å². The number of ether oxygens (including phenoxy) is 1. The molecule has 118 valence electrons. The van der Waals surface area contributed by atoms with Crippen LogP contribution < -0.4 is 15.4 Å². The lowest BCUT2D eigenvalue weighted by molar-refractivity contribution is -0.137. The Bertz CT molecular complexity index is 576. The van der Waals surface area contributed by atoms with Crippen LogP contribution in [-0.2, 0) is 4.79 Å². The van der Waals surface area contributed by atoms with Gasteiger partial charge in [0.05, 0.1) is 5.69 Å². The summed E-state index contributed by atoms with van der Waals surface area (Å²) in [5.74, 6) is 1.93. The predicted octanol–water partition coefficient (Wildman–Crippen LogP) is 2.46. The molecule has 0 saturated carbocycles. The highest BCUT2D eigenvalue weighted by Gasteiger charge is 2.22. The van der Waals surface area contributed by atoms with E-state index in [2.05, 4.69) is 16.6 Å². The van der Waals surface area contributed by atoms with E-state index in [1.807, 2.05) is 0 Å². The smallest absolute Gasteiger partial charge is 0.319 e. The third-order valence-corrected chi connectivity index (χ3v) is 2.86. The highest BCUT2D eigenvalue weighted by molar-refractivity contribution is 5.91. The van der Waals surface area contributed by atoms with Crippen LogP contribution in [0.5, 0.6) is 5.75 Å². The van der Waals surface area contributed by atoms with Crippen molar-refractivity contribution in [3.8, 4) is 18.1 Å². The summed E-state index contributed by atoms with van der Waals surface area (Å²) in [6.45, 7) is 3.62. The number of terminal acetylenes is 1. The van der Waals surface area contributed by atoms with E-state index in [9.17, 15) is 9.59 Å². The zero-order valence-corrected chi connectivity index (χ0v) is 12.7. The molecule has 1 rings (SSSR count). The number of carbonyl (C=O) groups is 2. The lowest BCUT2D eigenvalue weighted by Gasteiger charge is -2.26. The van der Waals surface area contributed by atoms with Gasteiger partial charge in [-0.2, -0.15) is 0 Å². The summed E-state index contributed by atoms with van der Waals surface area (Å²) in [6, 6.07) is 6.48. The van der Waals surface area contributed by atoms with E-state index in [1.54, 1.807) is 38.1 Å². The number of carbonyl (C=O) groups excluding carboxylic acids is 1. The molecule has 0 aliphatic heterocycles. The molecule has 22 heavy (non-hydrogen) atoms. The fourth-order valence-corrected chi connectivity index (χ4v) is 1.76. The van der Waals surface area contributed by atoms with Crippen molar-refractivity contribution < 1.29 is 19.4 Å². The molecule has 0 saturated heterocycles. The molecule has 0 aromatic heterocycles. The summed E-state index contributed by atoms with van der Waals surface area (Å²) in [5, 5.41) is 14.1. The van der Waals surface area contributed by atoms with Crippen LogP contribution in [0.25, 0.3) is 0 Å². The molecule has 6 nitrogen and oxygen atoms in total. The van der Waals surface area contributed by atoms with Crippen molar-refractivity contribution >= 4 is 17.7 Å². The van der Waals surface area contributed by atoms with Crippen molar-refractivity contribution in [1.82, 2.24) is 5.32 Å². The van der Waals surface area contributed by atoms with Gasteiger partial charge in [-0.05, 0) is 32.4 Å². The number of nitrogens with one attached hydrogen (secondary N) is 2. The molecule has 6 heteroatoms. The summed E-state index contributed by atoms with van der Waals surface area (Å²) in [4.78, 5) is 22.6. The summed E-state index contributed by atoms with van der Waals surface area (Å²) < 4.78 is 5.34. The number of urea groups is 1. The molecule has 3 N–H and O–H groups in total. The zero-order chi connectivity index (χ0) is 16.6. The first-order valence-corrected chi connectivity index (χ1v) is 6.80. The van der Waals surface area contributed by atoms with Crippen LogP contribution >= 0.6 is 0 Å². The molecule has 1 aromatic rings. The molecule has 0 radical (unpaired) electrons. The molecule has 0 aliphatic rings. The van der Waals surface area contributed by atoms with Gasteiger partial charge in [-0.25, -0.2) is 4.79 Å². The summed E-state index contributed by atoms with van der Waals surface area (Å²) in [5.41, 5.74) is -0.152. The quantitative estimate of drug-likeness (QED) is 0.675.